The van der Waals surface area contributed by atoms with Crippen molar-refractivity contribution in [2.24, 2.45) is 11.3 Å². The molecule has 2 rings (SSSR count). The van der Waals surface area contributed by atoms with Crippen molar-refractivity contribution in [3.05, 3.63) is 22.4 Å². The third-order valence-electron chi connectivity index (χ3n) is 3.73. The van der Waals surface area contributed by atoms with E-state index in [-0.39, 0.29) is 0 Å². The van der Waals surface area contributed by atoms with Gasteiger partial charge in [-0.1, -0.05) is 19.9 Å². The van der Waals surface area contributed by atoms with Gasteiger partial charge >= 0.3 is 0 Å². The molecule has 0 aliphatic heterocycles. The van der Waals surface area contributed by atoms with Crippen LogP contribution in [0.15, 0.2) is 17.5 Å². The zero-order valence-corrected chi connectivity index (χ0v) is 12.6. The summed E-state index contributed by atoms with van der Waals surface area (Å²) in [5, 5.41) is 5.97. The fourth-order valence-electron chi connectivity index (χ4n) is 2.25. The number of nitrogens with one attached hydrogen (secondary N) is 1. The summed E-state index contributed by atoms with van der Waals surface area (Å²) in [6, 6.07) is 5.00. The van der Waals surface area contributed by atoms with Gasteiger partial charge in [0.2, 0.25) is 0 Å². The van der Waals surface area contributed by atoms with Gasteiger partial charge in [0.15, 0.2) is 0 Å². The average Bonchev–Trinajstić information content (AvgIpc) is 3.02. The standard InChI is InChI=1S/C15H25NOS/c1-15(2,8-9-17-3)11-16-14(12-6-7-12)13-5-4-10-18-13/h4-5,10,12,14,16H,6-9,11H2,1-3H3. The Balaban J connectivity index is 1.86. The summed E-state index contributed by atoms with van der Waals surface area (Å²) in [5.74, 6) is 0.863. The summed E-state index contributed by atoms with van der Waals surface area (Å²) in [6.07, 6.45) is 3.88. The molecule has 18 heavy (non-hydrogen) atoms. The Bertz CT molecular complexity index is 343. The van der Waals surface area contributed by atoms with E-state index >= 15 is 0 Å². The third-order valence-corrected chi connectivity index (χ3v) is 4.68. The molecule has 0 radical (unpaired) electrons. The summed E-state index contributed by atoms with van der Waals surface area (Å²) in [7, 11) is 1.78. The Morgan fingerprint density at radius 1 is 1.50 bits per heavy atom. The van der Waals surface area contributed by atoms with E-state index in [0.29, 0.717) is 11.5 Å². The minimum Gasteiger partial charge on any atom is -0.385 e. The van der Waals surface area contributed by atoms with Crippen LogP contribution >= 0.6 is 11.3 Å². The maximum absolute atomic E-state index is 5.19. The second-order valence-corrected chi connectivity index (χ2v) is 7.10. The molecule has 1 heterocycles. The van der Waals surface area contributed by atoms with Crippen LogP contribution in [-0.2, 0) is 4.74 Å². The van der Waals surface area contributed by atoms with Gasteiger partial charge in [-0.25, -0.2) is 0 Å². The number of methoxy groups -OCH3 is 1. The Labute approximate surface area is 115 Å². The Kier molecular flexibility index (Phi) is 4.82. The lowest BCUT2D eigenvalue weighted by atomic mass is 9.89. The monoisotopic (exact) mass is 267 g/mol. The highest BCUT2D eigenvalue weighted by molar-refractivity contribution is 7.10. The maximum Gasteiger partial charge on any atom is 0.0467 e. The predicted molar refractivity (Wildman–Crippen MR) is 78.1 cm³/mol. The van der Waals surface area contributed by atoms with Gasteiger partial charge in [-0.15, -0.1) is 11.3 Å². The molecule has 1 aliphatic carbocycles. The fourth-order valence-corrected chi connectivity index (χ4v) is 3.14. The normalized spacial score (nSPS) is 17.9. The number of rotatable bonds is 8. The molecular weight excluding hydrogens is 242 g/mol. The summed E-state index contributed by atoms with van der Waals surface area (Å²) in [5.41, 5.74) is 0.306. The van der Waals surface area contributed by atoms with Crippen LogP contribution in [0.2, 0.25) is 0 Å². The summed E-state index contributed by atoms with van der Waals surface area (Å²) in [6.45, 7) is 6.55. The number of thiophene rings is 1. The van der Waals surface area contributed by atoms with Crippen LogP contribution in [0.5, 0.6) is 0 Å². The minimum absolute atomic E-state index is 0.306. The van der Waals surface area contributed by atoms with E-state index in [2.05, 4.69) is 36.7 Å². The summed E-state index contributed by atoms with van der Waals surface area (Å²) < 4.78 is 5.19. The molecule has 0 saturated heterocycles. The van der Waals surface area contributed by atoms with E-state index in [4.69, 9.17) is 4.74 Å². The van der Waals surface area contributed by atoms with Gasteiger partial charge in [0.1, 0.15) is 0 Å². The van der Waals surface area contributed by atoms with Crippen molar-refractivity contribution in [3.63, 3.8) is 0 Å². The van der Waals surface area contributed by atoms with Gasteiger partial charge in [0.05, 0.1) is 0 Å². The molecule has 2 nitrogen and oxygen atoms in total. The van der Waals surface area contributed by atoms with E-state index < -0.39 is 0 Å². The molecule has 0 amide bonds. The molecule has 0 aromatic carbocycles. The van der Waals surface area contributed by atoms with Crippen LogP contribution in [0, 0.1) is 11.3 Å². The lowest BCUT2D eigenvalue weighted by Gasteiger charge is -2.28. The lowest BCUT2D eigenvalue weighted by molar-refractivity contribution is 0.148. The zero-order chi connectivity index (χ0) is 13.0. The predicted octanol–water partition coefficient (Wildman–Crippen LogP) is 3.85. The van der Waals surface area contributed by atoms with Crippen LogP contribution in [-0.4, -0.2) is 20.3 Å². The molecule has 1 fully saturated rings. The first-order chi connectivity index (χ1) is 8.62. The molecule has 1 aromatic heterocycles. The van der Waals surface area contributed by atoms with E-state index in [1.807, 2.05) is 11.3 Å². The van der Waals surface area contributed by atoms with Crippen LogP contribution in [0.3, 0.4) is 0 Å². The molecule has 3 heteroatoms. The van der Waals surface area contributed by atoms with E-state index in [1.54, 1.807) is 7.11 Å². The van der Waals surface area contributed by atoms with Crippen molar-refractivity contribution < 1.29 is 4.74 Å². The van der Waals surface area contributed by atoms with Gasteiger partial charge in [-0.2, -0.15) is 0 Å². The molecule has 1 saturated carbocycles. The number of ether oxygens (including phenoxy) is 1. The molecule has 102 valence electrons. The van der Waals surface area contributed by atoms with Crippen molar-refractivity contribution in [1.29, 1.82) is 0 Å². The first-order valence-electron chi connectivity index (χ1n) is 6.88. The topological polar surface area (TPSA) is 21.3 Å². The molecule has 1 aromatic rings. The second-order valence-electron chi connectivity index (χ2n) is 6.12. The van der Waals surface area contributed by atoms with Crippen LogP contribution < -0.4 is 5.32 Å². The average molecular weight is 267 g/mol. The molecule has 0 spiro atoms. The van der Waals surface area contributed by atoms with Crippen molar-refractivity contribution in [2.45, 2.75) is 39.2 Å². The van der Waals surface area contributed by atoms with E-state index in [1.165, 1.54) is 17.7 Å². The van der Waals surface area contributed by atoms with Crippen molar-refractivity contribution >= 4 is 11.3 Å². The first kappa shape index (κ1) is 14.0. The third kappa shape index (κ3) is 4.08. The van der Waals surface area contributed by atoms with Crippen LogP contribution in [0.25, 0.3) is 0 Å². The van der Waals surface area contributed by atoms with Crippen LogP contribution in [0.4, 0.5) is 0 Å². The van der Waals surface area contributed by atoms with Crippen molar-refractivity contribution in [1.82, 2.24) is 5.32 Å². The summed E-state index contributed by atoms with van der Waals surface area (Å²) in [4.78, 5) is 1.50. The highest BCUT2D eigenvalue weighted by atomic mass is 32.1. The van der Waals surface area contributed by atoms with E-state index in [0.717, 1.165) is 25.5 Å². The smallest absolute Gasteiger partial charge is 0.0467 e. The van der Waals surface area contributed by atoms with Crippen molar-refractivity contribution in [3.8, 4) is 0 Å². The second kappa shape index (κ2) is 6.18. The Hall–Kier alpha value is -0.380. The largest absolute Gasteiger partial charge is 0.385 e. The van der Waals surface area contributed by atoms with Gasteiger partial charge in [0.25, 0.3) is 0 Å². The fraction of sp³-hybridized carbons (Fsp3) is 0.733. The van der Waals surface area contributed by atoms with Gasteiger partial charge in [0, 0.05) is 31.2 Å². The molecule has 1 aliphatic rings. The van der Waals surface area contributed by atoms with Gasteiger partial charge < -0.3 is 10.1 Å². The maximum atomic E-state index is 5.19. The van der Waals surface area contributed by atoms with Gasteiger partial charge in [-0.05, 0) is 42.0 Å². The molecule has 1 unspecified atom stereocenters. The highest BCUT2D eigenvalue weighted by Crippen LogP contribution is 2.42. The lowest BCUT2D eigenvalue weighted by Crippen LogP contribution is -2.33. The van der Waals surface area contributed by atoms with Crippen molar-refractivity contribution in [2.75, 3.05) is 20.3 Å². The Morgan fingerprint density at radius 3 is 2.83 bits per heavy atom. The van der Waals surface area contributed by atoms with Gasteiger partial charge in [-0.3, -0.25) is 0 Å². The number of hydrogen-bond acceptors (Lipinski definition) is 3. The molecule has 0 bridgehead atoms. The molecule has 1 N–H and O–H groups in total. The van der Waals surface area contributed by atoms with Crippen LogP contribution in [0.1, 0.15) is 44.0 Å². The molecular formula is C15H25NOS. The SMILES string of the molecule is COCCC(C)(C)CNC(c1cccs1)C1CC1. The summed E-state index contributed by atoms with van der Waals surface area (Å²) >= 11 is 1.88. The minimum atomic E-state index is 0.306. The Morgan fingerprint density at radius 2 is 2.28 bits per heavy atom. The quantitative estimate of drug-likeness (QED) is 0.772. The molecule has 1 atom stereocenters. The number of hydrogen-bond donors (Lipinski definition) is 1. The highest BCUT2D eigenvalue weighted by Gasteiger charge is 2.33. The van der Waals surface area contributed by atoms with E-state index in [9.17, 15) is 0 Å². The first-order valence-corrected chi connectivity index (χ1v) is 7.76. The zero-order valence-electron chi connectivity index (χ0n) is 11.7.